The highest BCUT2D eigenvalue weighted by molar-refractivity contribution is 5.71. The maximum atomic E-state index is 11.0. The number of rotatable bonds is 4. The maximum Gasteiger partial charge on any atom is 0.319 e. The van der Waals surface area contributed by atoms with Crippen LogP contribution in [-0.2, 0) is 14.3 Å². The van der Waals surface area contributed by atoms with Gasteiger partial charge in [-0.05, 0) is 26.8 Å². The molecule has 0 aliphatic carbocycles. The van der Waals surface area contributed by atoms with E-state index < -0.39 is 0 Å². The molecule has 2 unspecified atom stereocenters. The van der Waals surface area contributed by atoms with E-state index in [1.165, 1.54) is 7.11 Å². The molecule has 4 heteroatoms. The Bertz CT molecular complexity index is 196. The van der Waals surface area contributed by atoms with E-state index in [1.807, 2.05) is 11.9 Å². The largest absolute Gasteiger partial charge is 0.468 e. The average molecular weight is 201 g/mol. The van der Waals surface area contributed by atoms with E-state index in [9.17, 15) is 4.79 Å². The van der Waals surface area contributed by atoms with Gasteiger partial charge in [0.25, 0.3) is 0 Å². The van der Waals surface area contributed by atoms with E-state index in [0.717, 1.165) is 19.4 Å². The summed E-state index contributed by atoms with van der Waals surface area (Å²) in [5.41, 5.74) is 0. The van der Waals surface area contributed by atoms with E-state index >= 15 is 0 Å². The second-order valence-electron chi connectivity index (χ2n) is 3.92. The lowest BCUT2D eigenvalue weighted by molar-refractivity contribution is -0.141. The van der Waals surface area contributed by atoms with Gasteiger partial charge >= 0.3 is 5.97 Å². The third kappa shape index (κ3) is 3.64. The molecule has 0 radical (unpaired) electrons. The quantitative estimate of drug-likeness (QED) is 0.626. The molecule has 0 spiro atoms. The number of hydrogen-bond donors (Lipinski definition) is 0. The van der Waals surface area contributed by atoms with E-state index in [2.05, 4.69) is 11.7 Å². The number of carbonyl (C=O) groups is 1. The Morgan fingerprint density at radius 2 is 2.29 bits per heavy atom. The van der Waals surface area contributed by atoms with Crippen molar-refractivity contribution in [3.05, 3.63) is 0 Å². The Morgan fingerprint density at radius 3 is 2.79 bits per heavy atom. The van der Waals surface area contributed by atoms with Gasteiger partial charge in [-0.15, -0.1) is 0 Å². The van der Waals surface area contributed by atoms with Gasteiger partial charge in [0.15, 0.2) is 0 Å². The van der Waals surface area contributed by atoms with Crippen LogP contribution < -0.4 is 0 Å². The molecule has 2 atom stereocenters. The zero-order valence-corrected chi connectivity index (χ0v) is 9.16. The molecule has 1 aliphatic heterocycles. The number of carbonyl (C=O) groups excluding carboxylic acids is 1. The lowest BCUT2D eigenvalue weighted by Crippen LogP contribution is -2.33. The molecule has 0 saturated carbocycles. The molecular formula is C10H19NO3. The molecule has 0 amide bonds. The van der Waals surface area contributed by atoms with Gasteiger partial charge < -0.3 is 9.47 Å². The number of ether oxygens (including phenoxy) is 2. The fourth-order valence-corrected chi connectivity index (χ4v) is 1.72. The molecule has 1 saturated heterocycles. The molecule has 82 valence electrons. The van der Waals surface area contributed by atoms with Crippen molar-refractivity contribution in [1.29, 1.82) is 0 Å². The van der Waals surface area contributed by atoms with Gasteiger partial charge in [0, 0.05) is 6.54 Å². The second-order valence-corrected chi connectivity index (χ2v) is 3.92. The van der Waals surface area contributed by atoms with Crippen molar-refractivity contribution in [2.24, 2.45) is 0 Å². The summed E-state index contributed by atoms with van der Waals surface area (Å²) in [5.74, 6) is -0.196. The monoisotopic (exact) mass is 201 g/mol. The number of hydrogen-bond acceptors (Lipinski definition) is 4. The minimum Gasteiger partial charge on any atom is -0.468 e. The Morgan fingerprint density at radius 1 is 1.57 bits per heavy atom. The molecule has 4 nitrogen and oxygen atoms in total. The predicted molar refractivity (Wildman–Crippen MR) is 53.1 cm³/mol. The summed E-state index contributed by atoms with van der Waals surface area (Å²) in [5, 5.41) is 0. The zero-order valence-electron chi connectivity index (χ0n) is 9.16. The molecule has 0 aromatic rings. The van der Waals surface area contributed by atoms with Gasteiger partial charge in [-0.2, -0.15) is 0 Å². The van der Waals surface area contributed by atoms with Gasteiger partial charge in [-0.1, -0.05) is 0 Å². The van der Waals surface area contributed by atoms with Gasteiger partial charge in [-0.25, -0.2) is 0 Å². The van der Waals surface area contributed by atoms with Gasteiger partial charge in [0.1, 0.15) is 0 Å². The first kappa shape index (κ1) is 11.5. The number of esters is 1. The fraction of sp³-hybridized carbons (Fsp3) is 0.900. The Balaban J connectivity index is 2.20. The van der Waals surface area contributed by atoms with E-state index in [-0.39, 0.29) is 12.1 Å². The van der Waals surface area contributed by atoms with Crippen molar-refractivity contribution < 1.29 is 14.3 Å². The van der Waals surface area contributed by atoms with Crippen LogP contribution in [0.2, 0.25) is 0 Å². The smallest absolute Gasteiger partial charge is 0.319 e. The topological polar surface area (TPSA) is 38.8 Å². The first-order valence-corrected chi connectivity index (χ1v) is 5.02. The zero-order chi connectivity index (χ0) is 10.6. The summed E-state index contributed by atoms with van der Waals surface area (Å²) >= 11 is 0. The Kier molecular flexibility index (Phi) is 4.35. The van der Waals surface area contributed by atoms with Crippen molar-refractivity contribution in [2.75, 3.05) is 27.2 Å². The van der Waals surface area contributed by atoms with Crippen LogP contribution in [0.1, 0.15) is 19.8 Å². The van der Waals surface area contributed by atoms with Crippen LogP contribution in [0.4, 0.5) is 0 Å². The van der Waals surface area contributed by atoms with E-state index in [0.29, 0.717) is 12.6 Å². The van der Waals surface area contributed by atoms with Crippen LogP contribution in [0.15, 0.2) is 0 Å². The van der Waals surface area contributed by atoms with Gasteiger partial charge in [0.05, 0.1) is 25.9 Å². The summed E-state index contributed by atoms with van der Waals surface area (Å²) in [6.07, 6.45) is 2.86. The van der Waals surface area contributed by atoms with Crippen molar-refractivity contribution in [3.63, 3.8) is 0 Å². The third-order valence-electron chi connectivity index (χ3n) is 2.46. The molecule has 1 aliphatic rings. The van der Waals surface area contributed by atoms with Crippen molar-refractivity contribution >= 4 is 5.97 Å². The standard InChI is InChI=1S/C10H19NO3/c1-8-4-5-9(14-8)6-11(2)7-10(12)13-3/h8-9H,4-7H2,1-3H3. The number of nitrogens with zero attached hydrogens (tertiary/aromatic N) is 1. The molecule has 0 bridgehead atoms. The summed E-state index contributed by atoms with van der Waals surface area (Å²) in [6.45, 7) is 3.23. The molecule has 0 N–H and O–H groups in total. The summed E-state index contributed by atoms with van der Waals surface area (Å²) in [6, 6.07) is 0. The van der Waals surface area contributed by atoms with E-state index in [1.54, 1.807) is 0 Å². The second kappa shape index (κ2) is 5.32. The van der Waals surface area contributed by atoms with Crippen molar-refractivity contribution in [3.8, 4) is 0 Å². The highest BCUT2D eigenvalue weighted by atomic mass is 16.5. The summed E-state index contributed by atoms with van der Waals surface area (Å²) in [7, 11) is 3.31. The SMILES string of the molecule is COC(=O)CN(C)CC1CCC(C)O1. The van der Waals surface area contributed by atoms with Crippen LogP contribution in [0.3, 0.4) is 0 Å². The lowest BCUT2D eigenvalue weighted by Gasteiger charge is -2.19. The highest BCUT2D eigenvalue weighted by Crippen LogP contribution is 2.19. The molecule has 1 rings (SSSR count). The predicted octanol–water partition coefficient (Wildman–Crippen LogP) is 0.659. The van der Waals surface area contributed by atoms with Gasteiger partial charge in [0.2, 0.25) is 0 Å². The van der Waals surface area contributed by atoms with Crippen LogP contribution >= 0.6 is 0 Å². The fourth-order valence-electron chi connectivity index (χ4n) is 1.72. The van der Waals surface area contributed by atoms with Crippen LogP contribution in [0, 0.1) is 0 Å². The molecule has 0 aromatic heterocycles. The minimum atomic E-state index is -0.196. The van der Waals surface area contributed by atoms with Crippen LogP contribution in [0.25, 0.3) is 0 Å². The van der Waals surface area contributed by atoms with Gasteiger partial charge in [-0.3, -0.25) is 9.69 Å². The average Bonchev–Trinajstić information content (AvgIpc) is 2.50. The maximum absolute atomic E-state index is 11.0. The van der Waals surface area contributed by atoms with Crippen molar-refractivity contribution in [2.45, 2.75) is 32.0 Å². The van der Waals surface area contributed by atoms with Crippen LogP contribution in [-0.4, -0.2) is 50.3 Å². The normalized spacial score (nSPS) is 26.9. The minimum absolute atomic E-state index is 0.196. The molecule has 14 heavy (non-hydrogen) atoms. The number of methoxy groups -OCH3 is 1. The highest BCUT2D eigenvalue weighted by Gasteiger charge is 2.23. The Labute approximate surface area is 85.2 Å². The Hall–Kier alpha value is -0.610. The molecule has 0 aromatic carbocycles. The molecule has 1 fully saturated rings. The first-order chi connectivity index (χ1) is 6.61. The first-order valence-electron chi connectivity index (χ1n) is 5.02. The molecular weight excluding hydrogens is 182 g/mol. The third-order valence-corrected chi connectivity index (χ3v) is 2.46. The number of likely N-dealkylation sites (N-methyl/N-ethyl adjacent to an activating group) is 1. The summed E-state index contributed by atoms with van der Waals surface area (Å²) in [4.78, 5) is 12.9. The van der Waals surface area contributed by atoms with Crippen molar-refractivity contribution in [1.82, 2.24) is 4.90 Å². The molecule has 1 heterocycles. The lowest BCUT2D eigenvalue weighted by atomic mass is 10.2. The summed E-state index contributed by atoms with van der Waals surface area (Å²) < 4.78 is 10.2. The van der Waals surface area contributed by atoms with Crippen LogP contribution in [0.5, 0.6) is 0 Å². The van der Waals surface area contributed by atoms with E-state index in [4.69, 9.17) is 4.74 Å².